The van der Waals surface area contributed by atoms with Crippen molar-refractivity contribution in [3.63, 3.8) is 0 Å². The summed E-state index contributed by atoms with van der Waals surface area (Å²) < 4.78 is 26.8. The summed E-state index contributed by atoms with van der Waals surface area (Å²) in [4.78, 5) is 17.1. The Morgan fingerprint density at radius 3 is 2.50 bits per heavy atom. The fraction of sp³-hybridized carbons (Fsp3) is 0.200. The number of anilines is 1. The van der Waals surface area contributed by atoms with E-state index in [0.29, 0.717) is 35.9 Å². The van der Waals surface area contributed by atoms with Gasteiger partial charge in [0.25, 0.3) is 0 Å². The third-order valence-electron chi connectivity index (χ3n) is 4.10. The van der Waals surface area contributed by atoms with Crippen LogP contribution in [0, 0.1) is 6.92 Å². The van der Waals surface area contributed by atoms with E-state index in [9.17, 15) is 13.2 Å². The third-order valence-corrected chi connectivity index (χ3v) is 6.38. The standard InChI is InChI=1S/C20H21N3O3S2/c1-15-8-5-6-11-17(15)19(24)18-14-27-20(23-18)21-12-7-13-22-28(25,26)16-9-3-2-4-10-16/h2-6,8-11,14,22H,7,12-13H2,1H3,(H,21,23). The SMILES string of the molecule is Cc1ccccc1C(=O)c1csc(NCCCNS(=O)(=O)c2ccccc2)n1. The smallest absolute Gasteiger partial charge is 0.240 e. The number of nitrogens with one attached hydrogen (secondary N) is 2. The van der Waals surface area contributed by atoms with Gasteiger partial charge in [-0.3, -0.25) is 4.79 Å². The molecule has 0 atom stereocenters. The molecule has 1 heterocycles. The van der Waals surface area contributed by atoms with E-state index in [0.717, 1.165) is 5.56 Å². The molecule has 28 heavy (non-hydrogen) atoms. The normalized spacial score (nSPS) is 11.3. The monoisotopic (exact) mass is 415 g/mol. The van der Waals surface area contributed by atoms with Gasteiger partial charge < -0.3 is 5.32 Å². The van der Waals surface area contributed by atoms with Crippen LogP contribution in [0.5, 0.6) is 0 Å². The highest BCUT2D eigenvalue weighted by Crippen LogP contribution is 2.19. The Bertz CT molecular complexity index is 1050. The zero-order valence-corrected chi connectivity index (χ0v) is 17.0. The first-order valence-corrected chi connectivity index (χ1v) is 11.2. The van der Waals surface area contributed by atoms with Crippen LogP contribution in [0.25, 0.3) is 0 Å². The Morgan fingerprint density at radius 1 is 1.04 bits per heavy atom. The summed E-state index contributed by atoms with van der Waals surface area (Å²) in [6, 6.07) is 15.7. The van der Waals surface area contributed by atoms with E-state index in [4.69, 9.17) is 0 Å². The molecule has 3 aromatic rings. The number of thiazole rings is 1. The topological polar surface area (TPSA) is 88.2 Å². The average molecular weight is 416 g/mol. The van der Waals surface area contributed by atoms with Gasteiger partial charge in [0.15, 0.2) is 5.13 Å². The van der Waals surface area contributed by atoms with Gasteiger partial charge in [-0.05, 0) is 31.0 Å². The van der Waals surface area contributed by atoms with Crippen molar-refractivity contribution >= 4 is 32.3 Å². The molecule has 0 radical (unpaired) electrons. The van der Waals surface area contributed by atoms with Gasteiger partial charge in [-0.2, -0.15) is 0 Å². The van der Waals surface area contributed by atoms with Crippen LogP contribution in [0.1, 0.15) is 28.0 Å². The molecule has 0 saturated carbocycles. The fourth-order valence-electron chi connectivity index (χ4n) is 2.60. The number of carbonyl (C=O) groups is 1. The van der Waals surface area contributed by atoms with Crippen LogP contribution in [0.3, 0.4) is 0 Å². The first kappa shape index (κ1) is 20.2. The van der Waals surface area contributed by atoms with Crippen LogP contribution in [0.15, 0.2) is 64.9 Å². The number of aromatic nitrogens is 1. The summed E-state index contributed by atoms with van der Waals surface area (Å²) in [5.41, 5.74) is 1.97. The average Bonchev–Trinajstić information content (AvgIpc) is 3.17. The summed E-state index contributed by atoms with van der Waals surface area (Å²) in [6.45, 7) is 2.75. The molecule has 0 unspecified atom stereocenters. The molecule has 0 saturated heterocycles. The van der Waals surface area contributed by atoms with Gasteiger partial charge in [0.2, 0.25) is 15.8 Å². The number of sulfonamides is 1. The molecule has 8 heteroatoms. The van der Waals surface area contributed by atoms with E-state index in [1.54, 1.807) is 41.8 Å². The summed E-state index contributed by atoms with van der Waals surface area (Å²) in [6.07, 6.45) is 0.590. The number of nitrogens with zero attached hydrogens (tertiary/aromatic N) is 1. The Kier molecular flexibility index (Phi) is 6.56. The number of aryl methyl sites for hydroxylation is 1. The number of benzene rings is 2. The Balaban J connectivity index is 1.48. The molecule has 0 aliphatic rings. The first-order chi connectivity index (χ1) is 13.5. The lowest BCUT2D eigenvalue weighted by atomic mass is 10.0. The molecule has 0 spiro atoms. The van der Waals surface area contributed by atoms with Crippen LogP contribution >= 0.6 is 11.3 Å². The van der Waals surface area contributed by atoms with Crippen molar-refractivity contribution in [2.45, 2.75) is 18.2 Å². The predicted octanol–water partition coefficient (Wildman–Crippen LogP) is 3.46. The third kappa shape index (κ3) is 5.03. The maximum absolute atomic E-state index is 12.5. The number of ketones is 1. The van der Waals surface area contributed by atoms with Gasteiger partial charge >= 0.3 is 0 Å². The molecule has 0 amide bonds. The molecule has 3 rings (SSSR count). The zero-order chi connectivity index (χ0) is 20.0. The molecular weight excluding hydrogens is 394 g/mol. The Labute approximate surface area is 168 Å². The van der Waals surface area contributed by atoms with Gasteiger partial charge in [0, 0.05) is 24.0 Å². The van der Waals surface area contributed by atoms with Gasteiger partial charge in [-0.15, -0.1) is 11.3 Å². The maximum Gasteiger partial charge on any atom is 0.240 e. The second-order valence-corrected chi connectivity index (χ2v) is 8.80. The minimum absolute atomic E-state index is 0.0991. The highest BCUT2D eigenvalue weighted by molar-refractivity contribution is 7.89. The summed E-state index contributed by atoms with van der Waals surface area (Å²) in [5.74, 6) is -0.0991. The molecule has 1 aromatic heterocycles. The Morgan fingerprint density at radius 2 is 1.75 bits per heavy atom. The van der Waals surface area contributed by atoms with Gasteiger partial charge in [-0.1, -0.05) is 42.5 Å². The number of hydrogen-bond acceptors (Lipinski definition) is 6. The fourth-order valence-corrected chi connectivity index (χ4v) is 4.41. The van der Waals surface area contributed by atoms with Crippen LogP contribution in [0.2, 0.25) is 0 Å². The molecule has 146 valence electrons. The van der Waals surface area contributed by atoms with Crippen LogP contribution in [-0.2, 0) is 10.0 Å². The highest BCUT2D eigenvalue weighted by Gasteiger charge is 2.15. The second kappa shape index (κ2) is 9.09. The molecule has 0 bridgehead atoms. The van der Waals surface area contributed by atoms with Gasteiger partial charge in [0.1, 0.15) is 5.69 Å². The minimum Gasteiger partial charge on any atom is -0.361 e. The molecule has 0 fully saturated rings. The molecule has 2 aromatic carbocycles. The van der Waals surface area contributed by atoms with Crippen molar-refractivity contribution in [2.75, 3.05) is 18.4 Å². The van der Waals surface area contributed by atoms with Crippen molar-refractivity contribution in [1.29, 1.82) is 0 Å². The van der Waals surface area contributed by atoms with Crippen LogP contribution < -0.4 is 10.0 Å². The van der Waals surface area contributed by atoms with Crippen LogP contribution in [0.4, 0.5) is 5.13 Å². The number of rotatable bonds is 9. The highest BCUT2D eigenvalue weighted by atomic mass is 32.2. The van der Waals surface area contributed by atoms with E-state index in [-0.39, 0.29) is 10.7 Å². The van der Waals surface area contributed by atoms with E-state index < -0.39 is 10.0 Å². The molecule has 2 N–H and O–H groups in total. The maximum atomic E-state index is 12.5. The lowest BCUT2D eigenvalue weighted by molar-refractivity contribution is 0.103. The van der Waals surface area contributed by atoms with Crippen molar-refractivity contribution < 1.29 is 13.2 Å². The van der Waals surface area contributed by atoms with E-state index in [1.807, 2.05) is 25.1 Å². The summed E-state index contributed by atoms with van der Waals surface area (Å²) >= 11 is 1.36. The van der Waals surface area contributed by atoms with Gasteiger partial charge in [0.05, 0.1) is 4.90 Å². The quantitative estimate of drug-likeness (QED) is 0.413. The van der Waals surface area contributed by atoms with E-state index >= 15 is 0 Å². The van der Waals surface area contributed by atoms with E-state index in [1.165, 1.54) is 11.3 Å². The van der Waals surface area contributed by atoms with Crippen molar-refractivity contribution in [1.82, 2.24) is 9.71 Å². The van der Waals surface area contributed by atoms with Crippen LogP contribution in [-0.4, -0.2) is 32.3 Å². The number of carbonyl (C=O) groups excluding carboxylic acids is 1. The Hall–Kier alpha value is -2.55. The van der Waals surface area contributed by atoms with Crippen molar-refractivity contribution in [2.24, 2.45) is 0 Å². The number of hydrogen-bond donors (Lipinski definition) is 2. The zero-order valence-electron chi connectivity index (χ0n) is 15.4. The first-order valence-electron chi connectivity index (χ1n) is 8.82. The molecular formula is C20H21N3O3S2. The molecule has 0 aliphatic carbocycles. The van der Waals surface area contributed by atoms with Crippen molar-refractivity contribution in [3.8, 4) is 0 Å². The lowest BCUT2D eigenvalue weighted by Gasteiger charge is -2.07. The molecule has 0 aliphatic heterocycles. The lowest BCUT2D eigenvalue weighted by Crippen LogP contribution is -2.26. The predicted molar refractivity (Wildman–Crippen MR) is 111 cm³/mol. The summed E-state index contributed by atoms with van der Waals surface area (Å²) in [5, 5.41) is 5.51. The second-order valence-electron chi connectivity index (χ2n) is 6.17. The summed E-state index contributed by atoms with van der Waals surface area (Å²) in [7, 11) is -3.48. The van der Waals surface area contributed by atoms with Gasteiger partial charge in [-0.25, -0.2) is 18.1 Å². The van der Waals surface area contributed by atoms with Crippen molar-refractivity contribution in [3.05, 3.63) is 76.8 Å². The van der Waals surface area contributed by atoms with E-state index in [2.05, 4.69) is 15.0 Å². The largest absolute Gasteiger partial charge is 0.361 e. The minimum atomic E-state index is -3.48. The molecule has 6 nitrogen and oxygen atoms in total.